The summed E-state index contributed by atoms with van der Waals surface area (Å²) in [6.07, 6.45) is 6.48. The molecule has 128 valence electrons. The number of fused-ring (bicyclic) bond motifs is 3. The molecule has 3 nitrogen and oxygen atoms in total. The summed E-state index contributed by atoms with van der Waals surface area (Å²) in [7, 11) is 0. The summed E-state index contributed by atoms with van der Waals surface area (Å²) in [4.78, 5) is 7.31. The Kier molecular flexibility index (Phi) is 3.29. The fraction of sp³-hybridized carbons (Fsp3) is 0.409. The number of para-hydroxylation sites is 1. The average molecular weight is 332 g/mol. The molecule has 2 aromatic rings. The fourth-order valence-corrected chi connectivity index (χ4v) is 5.01. The summed E-state index contributed by atoms with van der Waals surface area (Å²) in [5, 5.41) is 11.8. The zero-order valence-electron chi connectivity index (χ0n) is 14.5. The predicted molar refractivity (Wildman–Crippen MR) is 101 cm³/mol. The first-order valence-electron chi connectivity index (χ1n) is 9.43. The van der Waals surface area contributed by atoms with Crippen LogP contribution in [-0.4, -0.2) is 24.0 Å². The Labute approximate surface area is 149 Å². The third-order valence-electron chi connectivity index (χ3n) is 6.33. The van der Waals surface area contributed by atoms with Crippen LogP contribution in [0.25, 0.3) is 0 Å². The standard InChI is InChI=1S/C22H24N2O/c25-22(17-9-3-1-4-10-17)18-11-5-6-12-19(18)24-16-21(15-23-20(22)24)13-7-2-8-14-21/h1,3-6,9-12,25H,2,7-8,13-16H2. The van der Waals surface area contributed by atoms with Crippen molar-refractivity contribution in [2.24, 2.45) is 10.4 Å². The Morgan fingerprint density at radius 2 is 1.60 bits per heavy atom. The van der Waals surface area contributed by atoms with Crippen molar-refractivity contribution in [2.75, 3.05) is 18.0 Å². The molecule has 0 amide bonds. The van der Waals surface area contributed by atoms with Crippen molar-refractivity contribution in [3.05, 3.63) is 65.7 Å². The van der Waals surface area contributed by atoms with Crippen molar-refractivity contribution in [3.8, 4) is 0 Å². The number of aliphatic hydroxyl groups is 1. The van der Waals surface area contributed by atoms with E-state index >= 15 is 0 Å². The largest absolute Gasteiger partial charge is 0.373 e. The first-order chi connectivity index (χ1) is 12.2. The van der Waals surface area contributed by atoms with Gasteiger partial charge in [-0.3, -0.25) is 4.99 Å². The van der Waals surface area contributed by atoms with Gasteiger partial charge in [-0.1, -0.05) is 67.8 Å². The molecule has 2 heterocycles. The Morgan fingerprint density at radius 3 is 2.40 bits per heavy atom. The first kappa shape index (κ1) is 15.2. The second-order valence-corrected chi connectivity index (χ2v) is 7.88. The molecule has 1 spiro atoms. The maximum absolute atomic E-state index is 11.8. The van der Waals surface area contributed by atoms with Gasteiger partial charge >= 0.3 is 0 Å². The SMILES string of the molecule is OC1(c2ccccc2)C2=NCC3(CCCCC3)CN2c2ccccc21. The Bertz CT molecular complexity index is 823. The molecule has 3 heteroatoms. The lowest BCUT2D eigenvalue weighted by molar-refractivity contribution is 0.152. The van der Waals surface area contributed by atoms with E-state index in [0.29, 0.717) is 0 Å². The van der Waals surface area contributed by atoms with E-state index in [0.717, 1.165) is 35.7 Å². The molecule has 5 rings (SSSR count). The maximum atomic E-state index is 11.8. The molecule has 3 aliphatic rings. The topological polar surface area (TPSA) is 35.8 Å². The Balaban J connectivity index is 1.67. The predicted octanol–water partition coefficient (Wildman–Crippen LogP) is 4.11. The summed E-state index contributed by atoms with van der Waals surface area (Å²) in [6.45, 7) is 1.83. The molecule has 2 aromatic carbocycles. The molecule has 1 atom stereocenters. The van der Waals surface area contributed by atoms with Crippen LogP contribution < -0.4 is 4.90 Å². The molecule has 0 saturated heterocycles. The quantitative estimate of drug-likeness (QED) is 0.853. The van der Waals surface area contributed by atoms with E-state index in [-0.39, 0.29) is 5.41 Å². The minimum absolute atomic E-state index is 0.288. The minimum Gasteiger partial charge on any atom is -0.373 e. The second kappa shape index (κ2) is 5.43. The van der Waals surface area contributed by atoms with E-state index < -0.39 is 5.60 Å². The number of anilines is 1. The Morgan fingerprint density at radius 1 is 0.880 bits per heavy atom. The van der Waals surface area contributed by atoms with Crippen molar-refractivity contribution in [3.63, 3.8) is 0 Å². The van der Waals surface area contributed by atoms with Crippen molar-refractivity contribution >= 4 is 11.5 Å². The molecule has 1 N–H and O–H groups in total. The maximum Gasteiger partial charge on any atom is 0.174 e. The van der Waals surface area contributed by atoms with Crippen molar-refractivity contribution in [2.45, 2.75) is 37.7 Å². The van der Waals surface area contributed by atoms with Crippen molar-refractivity contribution < 1.29 is 5.11 Å². The van der Waals surface area contributed by atoms with Crippen molar-refractivity contribution in [1.82, 2.24) is 0 Å². The normalized spacial score (nSPS) is 26.9. The number of nitrogens with zero attached hydrogens (tertiary/aromatic N) is 2. The first-order valence-corrected chi connectivity index (χ1v) is 9.43. The highest BCUT2D eigenvalue weighted by Crippen LogP contribution is 2.50. The lowest BCUT2D eigenvalue weighted by Gasteiger charge is -2.44. The van der Waals surface area contributed by atoms with Crippen LogP contribution in [0.2, 0.25) is 0 Å². The number of aliphatic imine (C=N–C) groups is 1. The van der Waals surface area contributed by atoms with Gasteiger partial charge in [0.2, 0.25) is 0 Å². The molecule has 1 saturated carbocycles. The van der Waals surface area contributed by atoms with E-state index in [2.05, 4.69) is 23.1 Å². The minimum atomic E-state index is -1.13. The van der Waals surface area contributed by atoms with Gasteiger partial charge in [-0.25, -0.2) is 0 Å². The van der Waals surface area contributed by atoms with Crippen LogP contribution in [-0.2, 0) is 5.60 Å². The van der Waals surface area contributed by atoms with Gasteiger partial charge in [-0.05, 0) is 24.5 Å². The zero-order valence-corrected chi connectivity index (χ0v) is 14.5. The van der Waals surface area contributed by atoms with Gasteiger partial charge in [-0.2, -0.15) is 0 Å². The van der Waals surface area contributed by atoms with Crippen LogP contribution in [0.3, 0.4) is 0 Å². The smallest absolute Gasteiger partial charge is 0.174 e. The average Bonchev–Trinajstić information content (AvgIpc) is 2.93. The van der Waals surface area contributed by atoms with Crippen LogP contribution in [0.4, 0.5) is 5.69 Å². The lowest BCUT2D eigenvalue weighted by Crippen LogP contribution is -2.51. The Hall–Kier alpha value is -2.13. The van der Waals surface area contributed by atoms with E-state index in [1.165, 1.54) is 32.1 Å². The van der Waals surface area contributed by atoms with Crippen LogP contribution in [0.15, 0.2) is 59.6 Å². The van der Waals surface area contributed by atoms with Crippen LogP contribution >= 0.6 is 0 Å². The molecule has 0 radical (unpaired) electrons. The van der Waals surface area contributed by atoms with E-state index in [4.69, 9.17) is 4.99 Å². The van der Waals surface area contributed by atoms with Gasteiger partial charge in [0.05, 0.1) is 0 Å². The molecule has 1 unspecified atom stereocenters. The molecule has 1 aliphatic carbocycles. The van der Waals surface area contributed by atoms with Gasteiger partial charge in [0, 0.05) is 29.8 Å². The number of hydrogen-bond donors (Lipinski definition) is 1. The summed E-state index contributed by atoms with van der Waals surface area (Å²) in [5.41, 5.74) is 2.15. The highest BCUT2D eigenvalue weighted by atomic mass is 16.3. The monoisotopic (exact) mass is 332 g/mol. The van der Waals surface area contributed by atoms with Crippen LogP contribution in [0.5, 0.6) is 0 Å². The lowest BCUT2D eigenvalue weighted by atomic mass is 9.72. The summed E-state index contributed by atoms with van der Waals surface area (Å²) >= 11 is 0. The molecule has 0 bridgehead atoms. The third-order valence-corrected chi connectivity index (χ3v) is 6.33. The summed E-state index contributed by atoms with van der Waals surface area (Å²) in [5.74, 6) is 0.816. The molecular formula is C22H24N2O. The number of rotatable bonds is 1. The van der Waals surface area contributed by atoms with Gasteiger partial charge in [0.15, 0.2) is 5.60 Å². The summed E-state index contributed by atoms with van der Waals surface area (Å²) < 4.78 is 0. The zero-order chi connectivity index (χ0) is 16.9. The van der Waals surface area contributed by atoms with Crippen LogP contribution in [0.1, 0.15) is 43.2 Å². The highest BCUT2D eigenvalue weighted by molar-refractivity contribution is 6.12. The number of benzene rings is 2. The highest BCUT2D eigenvalue weighted by Gasteiger charge is 2.52. The van der Waals surface area contributed by atoms with Gasteiger partial charge in [-0.15, -0.1) is 0 Å². The molecule has 25 heavy (non-hydrogen) atoms. The molecule has 2 aliphatic heterocycles. The van der Waals surface area contributed by atoms with Crippen molar-refractivity contribution in [1.29, 1.82) is 0 Å². The molecule has 0 aromatic heterocycles. The third kappa shape index (κ3) is 2.12. The van der Waals surface area contributed by atoms with Gasteiger partial charge < -0.3 is 10.0 Å². The number of hydrogen-bond acceptors (Lipinski definition) is 3. The summed E-state index contributed by atoms with van der Waals surface area (Å²) in [6, 6.07) is 18.3. The molecular weight excluding hydrogens is 308 g/mol. The van der Waals surface area contributed by atoms with E-state index in [9.17, 15) is 5.11 Å². The van der Waals surface area contributed by atoms with Crippen LogP contribution in [0, 0.1) is 5.41 Å². The van der Waals surface area contributed by atoms with E-state index in [1.807, 2.05) is 36.4 Å². The van der Waals surface area contributed by atoms with E-state index in [1.54, 1.807) is 0 Å². The van der Waals surface area contributed by atoms with Gasteiger partial charge in [0.25, 0.3) is 0 Å². The van der Waals surface area contributed by atoms with Gasteiger partial charge in [0.1, 0.15) is 5.84 Å². The fourth-order valence-electron chi connectivity index (χ4n) is 5.01. The number of amidine groups is 1. The second-order valence-electron chi connectivity index (χ2n) is 7.88. The molecule has 1 fully saturated rings.